The zero-order valence-electron chi connectivity index (χ0n) is 10.2. The maximum atomic E-state index is 13.7. The van der Waals surface area contributed by atoms with Crippen LogP contribution in [0.3, 0.4) is 0 Å². The predicted octanol–water partition coefficient (Wildman–Crippen LogP) is 3.90. The van der Waals surface area contributed by atoms with Gasteiger partial charge in [0.15, 0.2) is 0 Å². The van der Waals surface area contributed by atoms with Gasteiger partial charge in [-0.1, -0.05) is 6.07 Å². The van der Waals surface area contributed by atoms with Crippen LogP contribution in [0.2, 0.25) is 0 Å². The molecule has 0 fully saturated rings. The number of nitrogens with zero attached hydrogens (tertiary/aromatic N) is 2. The number of halogens is 1. The minimum absolute atomic E-state index is 0.0268. The lowest BCUT2D eigenvalue weighted by Crippen LogP contribution is -1.90. The summed E-state index contributed by atoms with van der Waals surface area (Å²) >= 11 is 1.38. The Balaban J connectivity index is 2.05. The van der Waals surface area contributed by atoms with E-state index in [2.05, 4.69) is 0 Å². The fourth-order valence-corrected chi connectivity index (χ4v) is 2.44. The van der Waals surface area contributed by atoms with Crippen molar-refractivity contribution in [1.82, 2.24) is 0 Å². The Kier molecular flexibility index (Phi) is 4.33. The third-order valence-corrected chi connectivity index (χ3v) is 3.68. The summed E-state index contributed by atoms with van der Waals surface area (Å²) in [6, 6.07) is 12.3. The molecule has 0 unspecified atom stereocenters. The molecule has 0 bridgehead atoms. The number of hydrogen-bond acceptors (Lipinski definition) is 4. The molecule has 0 saturated heterocycles. The van der Waals surface area contributed by atoms with Gasteiger partial charge in [0.2, 0.25) is 0 Å². The van der Waals surface area contributed by atoms with Crippen LogP contribution in [0.25, 0.3) is 0 Å². The van der Waals surface area contributed by atoms with Crippen LogP contribution in [-0.4, -0.2) is 4.92 Å². The monoisotopic (exact) mass is 288 g/mol. The van der Waals surface area contributed by atoms with Crippen molar-refractivity contribution in [2.24, 2.45) is 0 Å². The lowest BCUT2D eigenvalue weighted by Gasteiger charge is -2.04. The molecule has 0 heterocycles. The molecule has 2 rings (SSSR count). The quantitative estimate of drug-likeness (QED) is 0.486. The highest BCUT2D eigenvalue weighted by Crippen LogP contribution is 2.26. The van der Waals surface area contributed by atoms with Crippen LogP contribution >= 0.6 is 11.8 Å². The summed E-state index contributed by atoms with van der Waals surface area (Å²) in [5, 5.41) is 19.2. The first-order chi connectivity index (χ1) is 9.60. The Morgan fingerprint density at radius 3 is 2.50 bits per heavy atom. The van der Waals surface area contributed by atoms with E-state index in [4.69, 9.17) is 5.26 Å². The molecule has 0 aliphatic carbocycles. The first-order valence-corrected chi connectivity index (χ1v) is 6.64. The van der Waals surface area contributed by atoms with Gasteiger partial charge in [-0.05, 0) is 29.8 Å². The molecule has 0 aliphatic rings. The second kappa shape index (κ2) is 6.17. The normalized spacial score (nSPS) is 10.0. The van der Waals surface area contributed by atoms with Gasteiger partial charge in [-0.15, -0.1) is 11.8 Å². The van der Waals surface area contributed by atoms with Gasteiger partial charge in [0, 0.05) is 22.8 Å². The topological polar surface area (TPSA) is 66.9 Å². The van der Waals surface area contributed by atoms with Crippen LogP contribution in [0.15, 0.2) is 47.4 Å². The average molecular weight is 288 g/mol. The van der Waals surface area contributed by atoms with Gasteiger partial charge in [0.25, 0.3) is 5.69 Å². The van der Waals surface area contributed by atoms with Gasteiger partial charge in [-0.3, -0.25) is 10.1 Å². The molecule has 0 radical (unpaired) electrons. The summed E-state index contributed by atoms with van der Waals surface area (Å²) in [7, 11) is 0. The van der Waals surface area contributed by atoms with Gasteiger partial charge in [-0.2, -0.15) is 5.26 Å². The molecule has 20 heavy (non-hydrogen) atoms. The predicted molar refractivity (Wildman–Crippen MR) is 73.8 cm³/mol. The molecule has 4 nitrogen and oxygen atoms in total. The molecule has 0 aliphatic heterocycles. The molecule has 0 atom stereocenters. The molecule has 0 saturated carbocycles. The summed E-state index contributed by atoms with van der Waals surface area (Å²) < 4.78 is 13.7. The van der Waals surface area contributed by atoms with Crippen molar-refractivity contribution in [2.45, 2.75) is 10.6 Å². The Bertz CT molecular complexity index is 681. The second-order valence-corrected chi connectivity index (χ2v) is 5.01. The first-order valence-electron chi connectivity index (χ1n) is 5.66. The number of nitro benzene ring substituents is 1. The molecule has 0 N–H and O–H groups in total. The van der Waals surface area contributed by atoms with Crippen LogP contribution in [0.4, 0.5) is 10.1 Å². The summed E-state index contributed by atoms with van der Waals surface area (Å²) in [6.07, 6.45) is 0. The van der Waals surface area contributed by atoms with Crippen LogP contribution in [-0.2, 0) is 5.75 Å². The number of non-ortho nitro benzene ring substituents is 1. The van der Waals surface area contributed by atoms with Gasteiger partial charge in [-0.25, -0.2) is 4.39 Å². The highest BCUT2D eigenvalue weighted by atomic mass is 32.2. The Morgan fingerprint density at radius 2 is 1.95 bits per heavy atom. The number of benzene rings is 2. The van der Waals surface area contributed by atoms with Crippen molar-refractivity contribution in [2.75, 3.05) is 0 Å². The van der Waals surface area contributed by atoms with Gasteiger partial charge >= 0.3 is 0 Å². The fourth-order valence-electron chi connectivity index (χ4n) is 1.56. The zero-order valence-corrected chi connectivity index (χ0v) is 11.1. The zero-order chi connectivity index (χ0) is 14.5. The number of hydrogen-bond donors (Lipinski definition) is 0. The van der Waals surface area contributed by atoms with E-state index in [1.165, 1.54) is 30.0 Å². The second-order valence-electron chi connectivity index (χ2n) is 3.96. The lowest BCUT2D eigenvalue weighted by molar-refractivity contribution is -0.384. The largest absolute Gasteiger partial charge is 0.269 e. The van der Waals surface area contributed by atoms with E-state index >= 15 is 0 Å². The van der Waals surface area contributed by atoms with Crippen molar-refractivity contribution in [3.8, 4) is 6.07 Å². The highest BCUT2D eigenvalue weighted by Gasteiger charge is 2.07. The maximum absolute atomic E-state index is 13.7. The molecular formula is C14H9FN2O2S. The van der Waals surface area contributed by atoms with E-state index in [-0.39, 0.29) is 11.3 Å². The molecule has 0 spiro atoms. The van der Waals surface area contributed by atoms with Crippen molar-refractivity contribution in [1.29, 1.82) is 5.26 Å². The van der Waals surface area contributed by atoms with Crippen molar-refractivity contribution < 1.29 is 9.31 Å². The van der Waals surface area contributed by atoms with E-state index in [1.54, 1.807) is 24.3 Å². The highest BCUT2D eigenvalue weighted by molar-refractivity contribution is 7.98. The van der Waals surface area contributed by atoms with Crippen molar-refractivity contribution in [3.05, 3.63) is 69.5 Å². The Morgan fingerprint density at radius 1 is 1.25 bits per heavy atom. The van der Waals surface area contributed by atoms with Crippen molar-refractivity contribution >= 4 is 17.4 Å². The molecule has 0 aromatic heterocycles. The first kappa shape index (κ1) is 14.0. The number of rotatable bonds is 4. The van der Waals surface area contributed by atoms with E-state index in [1.807, 2.05) is 6.07 Å². The number of nitro groups is 1. The fraction of sp³-hybridized carbons (Fsp3) is 0.0714. The molecule has 0 amide bonds. The SMILES string of the molecule is N#Cc1ccc(CSc2ccc([N+](=O)[O-])cc2)c(F)c1. The number of thioether (sulfide) groups is 1. The molecule has 100 valence electrons. The van der Waals surface area contributed by atoms with Crippen LogP contribution < -0.4 is 0 Å². The van der Waals surface area contributed by atoms with Crippen LogP contribution in [0.5, 0.6) is 0 Å². The lowest BCUT2D eigenvalue weighted by atomic mass is 10.1. The third kappa shape index (κ3) is 3.33. The van der Waals surface area contributed by atoms with Gasteiger partial charge in [0.1, 0.15) is 5.82 Å². The number of nitriles is 1. The average Bonchev–Trinajstić information content (AvgIpc) is 2.46. The summed E-state index contributed by atoms with van der Waals surface area (Å²) in [5.74, 6) is -0.0199. The smallest absolute Gasteiger partial charge is 0.258 e. The standard InChI is InChI=1S/C14H9FN2O2S/c15-14-7-10(8-16)1-2-11(14)9-20-13-5-3-12(4-6-13)17(18)19/h1-7H,9H2. The van der Waals surface area contributed by atoms with E-state index in [0.29, 0.717) is 11.3 Å². The summed E-state index contributed by atoms with van der Waals surface area (Å²) in [4.78, 5) is 10.9. The van der Waals surface area contributed by atoms with Crippen molar-refractivity contribution in [3.63, 3.8) is 0 Å². The van der Waals surface area contributed by atoms with E-state index in [9.17, 15) is 14.5 Å². The van der Waals surface area contributed by atoms with Gasteiger partial charge < -0.3 is 0 Å². The Hall–Kier alpha value is -2.39. The molecule has 6 heteroatoms. The summed E-state index contributed by atoms with van der Waals surface area (Å²) in [5.41, 5.74) is 0.804. The molecule has 2 aromatic rings. The molecule has 2 aromatic carbocycles. The van der Waals surface area contributed by atoms with Gasteiger partial charge in [0.05, 0.1) is 16.6 Å². The third-order valence-electron chi connectivity index (χ3n) is 2.62. The van der Waals surface area contributed by atoms with E-state index < -0.39 is 10.7 Å². The Labute approximate surface area is 119 Å². The molecular weight excluding hydrogens is 279 g/mol. The maximum Gasteiger partial charge on any atom is 0.269 e. The van der Waals surface area contributed by atoms with Crippen LogP contribution in [0.1, 0.15) is 11.1 Å². The van der Waals surface area contributed by atoms with Crippen LogP contribution in [0, 0.1) is 27.3 Å². The summed E-state index contributed by atoms with van der Waals surface area (Å²) in [6.45, 7) is 0. The minimum atomic E-state index is -0.464. The minimum Gasteiger partial charge on any atom is -0.258 e. The van der Waals surface area contributed by atoms with E-state index in [0.717, 1.165) is 4.90 Å².